The molecule has 4 atom stereocenters. The van der Waals surface area contributed by atoms with Gasteiger partial charge in [-0.25, -0.2) is 4.79 Å². The van der Waals surface area contributed by atoms with Crippen molar-refractivity contribution in [2.75, 3.05) is 6.54 Å². The summed E-state index contributed by atoms with van der Waals surface area (Å²) in [5.74, 6) is -3.82. The monoisotopic (exact) mass is 645 g/mol. The Hall–Kier alpha value is -3.75. The van der Waals surface area contributed by atoms with Gasteiger partial charge in [-0.15, -0.1) is 0 Å². The van der Waals surface area contributed by atoms with Crippen LogP contribution in [-0.2, 0) is 36.8 Å². The van der Waals surface area contributed by atoms with Crippen molar-refractivity contribution in [3.63, 3.8) is 0 Å². The molecule has 0 aromatic heterocycles. The van der Waals surface area contributed by atoms with Gasteiger partial charge < -0.3 is 37.2 Å². The molecule has 0 unspecified atom stereocenters. The maximum absolute atomic E-state index is 13.5. The standard InChI is InChI=1S/C30H39N5O7S2/c1-29(2)23(34-25(38)20(31)14-18-10-12-19(36)13-11-18)27(40)32-16-22(37)33-21(15-17-8-6-5-7-9-17)26(39)35-24(28(41)42)30(3,4)44-43-29/h5-13,20-21,23-24,36H,14-16,31H2,1-4H3,(H,32,40)(H,33,37)(H,34,38)(H,35,39)(H,41,42)/t20-,21+,23-,24-/m1/s1. The summed E-state index contributed by atoms with van der Waals surface area (Å²) in [6.07, 6.45) is 0.229. The third-order valence-corrected chi connectivity index (χ3v) is 11.3. The average molecular weight is 646 g/mol. The van der Waals surface area contributed by atoms with Gasteiger partial charge in [-0.1, -0.05) is 64.1 Å². The fraction of sp³-hybridized carbons (Fsp3) is 0.433. The van der Waals surface area contributed by atoms with Crippen molar-refractivity contribution in [1.82, 2.24) is 21.3 Å². The van der Waals surface area contributed by atoms with E-state index in [1.54, 1.807) is 70.2 Å². The number of amides is 4. The van der Waals surface area contributed by atoms with Crippen molar-refractivity contribution >= 4 is 51.2 Å². The van der Waals surface area contributed by atoms with E-state index in [0.29, 0.717) is 5.56 Å². The molecule has 1 aliphatic heterocycles. The van der Waals surface area contributed by atoms with Crippen molar-refractivity contribution < 1.29 is 34.2 Å². The largest absolute Gasteiger partial charge is 0.508 e. The van der Waals surface area contributed by atoms with E-state index in [0.717, 1.165) is 16.4 Å². The number of hydrogen-bond acceptors (Lipinski definition) is 9. The highest BCUT2D eigenvalue weighted by Crippen LogP contribution is 2.46. The summed E-state index contributed by atoms with van der Waals surface area (Å²) in [5.41, 5.74) is 7.61. The number of hydrogen-bond donors (Lipinski definition) is 7. The summed E-state index contributed by atoms with van der Waals surface area (Å²) in [6, 6.07) is 10.5. The molecule has 44 heavy (non-hydrogen) atoms. The Morgan fingerprint density at radius 1 is 0.932 bits per heavy atom. The van der Waals surface area contributed by atoms with Crippen LogP contribution in [0.5, 0.6) is 5.75 Å². The van der Waals surface area contributed by atoms with E-state index in [2.05, 4.69) is 21.3 Å². The van der Waals surface area contributed by atoms with Gasteiger partial charge in [0.05, 0.1) is 17.3 Å². The number of phenols is 1. The number of nitrogens with one attached hydrogen (secondary N) is 4. The number of carboxylic acid groups (broad SMARTS) is 1. The molecule has 4 amide bonds. The fourth-order valence-electron chi connectivity index (χ4n) is 4.44. The van der Waals surface area contributed by atoms with E-state index >= 15 is 0 Å². The minimum Gasteiger partial charge on any atom is -0.508 e. The van der Waals surface area contributed by atoms with Crippen LogP contribution in [0.4, 0.5) is 0 Å². The maximum atomic E-state index is 13.5. The van der Waals surface area contributed by atoms with Gasteiger partial charge in [-0.05, 0) is 57.4 Å². The topological polar surface area (TPSA) is 200 Å². The molecule has 2 aromatic rings. The minimum atomic E-state index is -1.36. The number of aliphatic carboxylic acids is 1. The van der Waals surface area contributed by atoms with Crippen LogP contribution in [0.3, 0.4) is 0 Å². The molecule has 14 heteroatoms. The van der Waals surface area contributed by atoms with Crippen molar-refractivity contribution in [2.24, 2.45) is 5.73 Å². The Kier molecular flexibility index (Phi) is 11.7. The Morgan fingerprint density at radius 2 is 1.55 bits per heavy atom. The highest BCUT2D eigenvalue weighted by Gasteiger charge is 2.44. The summed E-state index contributed by atoms with van der Waals surface area (Å²) >= 11 is 0. The first-order valence-electron chi connectivity index (χ1n) is 13.9. The van der Waals surface area contributed by atoms with Crippen molar-refractivity contribution in [1.29, 1.82) is 0 Å². The van der Waals surface area contributed by atoms with E-state index in [4.69, 9.17) is 5.73 Å². The quantitative estimate of drug-likeness (QED) is 0.214. The number of nitrogens with two attached hydrogens (primary N) is 1. The fourth-order valence-corrected chi connectivity index (χ4v) is 7.26. The lowest BCUT2D eigenvalue weighted by Crippen LogP contribution is -2.61. The maximum Gasteiger partial charge on any atom is 0.327 e. The van der Waals surface area contributed by atoms with Crippen LogP contribution >= 0.6 is 21.6 Å². The van der Waals surface area contributed by atoms with Crippen molar-refractivity contribution in [3.05, 3.63) is 65.7 Å². The van der Waals surface area contributed by atoms with E-state index in [-0.39, 0.29) is 18.6 Å². The molecule has 0 saturated carbocycles. The number of phenolic OH excluding ortho intramolecular Hbond substituents is 1. The van der Waals surface area contributed by atoms with Gasteiger partial charge in [-0.2, -0.15) is 0 Å². The smallest absolute Gasteiger partial charge is 0.327 e. The molecule has 0 spiro atoms. The Balaban J connectivity index is 1.88. The zero-order valence-corrected chi connectivity index (χ0v) is 26.6. The summed E-state index contributed by atoms with van der Waals surface area (Å²) in [4.78, 5) is 65.4. The van der Waals surface area contributed by atoms with E-state index in [9.17, 15) is 34.2 Å². The molecular weight excluding hydrogens is 606 g/mol. The summed E-state index contributed by atoms with van der Waals surface area (Å²) in [5, 5.41) is 30.1. The SMILES string of the molecule is CC1(C)SSC(C)(C)[C@H](NC(=O)[C@H](N)Cc2ccc(O)cc2)C(=O)NCC(=O)N[C@@H](Cc2ccccc2)C(=O)N[C@@H]1C(=O)O. The molecule has 0 bridgehead atoms. The zero-order valence-electron chi connectivity index (χ0n) is 25.0. The van der Waals surface area contributed by atoms with Crippen molar-refractivity contribution in [3.8, 4) is 5.75 Å². The molecule has 0 radical (unpaired) electrons. The molecule has 238 valence electrons. The number of rotatable bonds is 7. The van der Waals surface area contributed by atoms with Gasteiger partial charge in [0.1, 0.15) is 23.9 Å². The molecule has 1 aliphatic rings. The third kappa shape index (κ3) is 9.63. The number of aromatic hydroxyl groups is 1. The second kappa shape index (κ2) is 14.8. The minimum absolute atomic E-state index is 0.0718. The number of carbonyl (C=O) groups excluding carboxylic acids is 4. The van der Waals surface area contributed by atoms with Crippen LogP contribution in [0.1, 0.15) is 38.8 Å². The molecule has 1 heterocycles. The molecular formula is C30H39N5O7S2. The Bertz CT molecular complexity index is 1360. The molecule has 1 fully saturated rings. The van der Waals surface area contributed by atoms with Crippen LogP contribution in [0, 0.1) is 0 Å². The van der Waals surface area contributed by atoms with Gasteiger partial charge in [0.15, 0.2) is 0 Å². The molecule has 12 nitrogen and oxygen atoms in total. The van der Waals surface area contributed by atoms with Crippen LogP contribution in [0.2, 0.25) is 0 Å². The lowest BCUT2D eigenvalue weighted by atomic mass is 10.00. The predicted octanol–water partition coefficient (Wildman–Crippen LogP) is 1.11. The highest BCUT2D eigenvalue weighted by molar-refractivity contribution is 8.77. The molecule has 1 saturated heterocycles. The normalized spacial score (nSPS) is 23.2. The van der Waals surface area contributed by atoms with Crippen LogP contribution in [-0.4, -0.2) is 80.0 Å². The van der Waals surface area contributed by atoms with Gasteiger partial charge in [0.25, 0.3) is 0 Å². The van der Waals surface area contributed by atoms with Gasteiger partial charge in [-0.3, -0.25) is 19.2 Å². The van der Waals surface area contributed by atoms with E-state index in [1.165, 1.54) is 22.9 Å². The summed E-state index contributed by atoms with van der Waals surface area (Å²) in [6.45, 7) is 6.21. The van der Waals surface area contributed by atoms with Gasteiger partial charge >= 0.3 is 5.97 Å². The van der Waals surface area contributed by atoms with E-state index in [1.807, 2.05) is 0 Å². The molecule has 8 N–H and O–H groups in total. The van der Waals surface area contributed by atoms with Crippen LogP contribution in [0.25, 0.3) is 0 Å². The second-order valence-corrected chi connectivity index (χ2v) is 15.0. The van der Waals surface area contributed by atoms with Gasteiger partial charge in [0.2, 0.25) is 23.6 Å². The number of carbonyl (C=O) groups is 5. The zero-order chi connectivity index (χ0) is 32.7. The average Bonchev–Trinajstić information content (AvgIpc) is 2.96. The molecule has 2 aromatic carbocycles. The first-order valence-corrected chi connectivity index (χ1v) is 16.1. The lowest BCUT2D eigenvalue weighted by molar-refractivity contribution is -0.143. The second-order valence-electron chi connectivity index (χ2n) is 11.6. The van der Waals surface area contributed by atoms with Crippen LogP contribution < -0.4 is 27.0 Å². The van der Waals surface area contributed by atoms with Crippen molar-refractivity contribution in [2.45, 2.75) is 74.2 Å². The number of carboxylic acids is 1. The predicted molar refractivity (Wildman–Crippen MR) is 170 cm³/mol. The first kappa shape index (κ1) is 34.7. The third-order valence-electron chi connectivity index (χ3n) is 7.03. The Labute approximate surface area is 264 Å². The number of benzene rings is 2. The highest BCUT2D eigenvalue weighted by atomic mass is 33.1. The lowest BCUT2D eigenvalue weighted by Gasteiger charge is -2.38. The van der Waals surface area contributed by atoms with E-state index < -0.39 is 69.8 Å². The van der Waals surface area contributed by atoms with Crippen LogP contribution in [0.15, 0.2) is 54.6 Å². The molecule has 3 rings (SSSR count). The van der Waals surface area contributed by atoms with Gasteiger partial charge in [0, 0.05) is 11.2 Å². The molecule has 0 aliphatic carbocycles. The summed E-state index contributed by atoms with van der Waals surface area (Å²) < 4.78 is -2.14. The Morgan fingerprint density at radius 3 is 2.16 bits per heavy atom. The summed E-state index contributed by atoms with van der Waals surface area (Å²) in [7, 11) is 2.32. The first-order chi connectivity index (χ1) is 20.6.